The summed E-state index contributed by atoms with van der Waals surface area (Å²) < 4.78 is 45.9. The number of nitrogens with one attached hydrogen (secondary N) is 2. The van der Waals surface area contributed by atoms with Crippen molar-refractivity contribution >= 4 is 243 Å². The van der Waals surface area contributed by atoms with Gasteiger partial charge in [-0.2, -0.15) is 13.2 Å². The number of alkyl halides is 3. The Morgan fingerprint density at radius 3 is 0.745 bits per heavy atom. The van der Waals surface area contributed by atoms with Crippen LogP contribution in [0.15, 0.2) is 477 Å². The Balaban J connectivity index is 0.000000155. The molecular formula is C110H90Br6Cl3F3N14P4Pd. The van der Waals surface area contributed by atoms with Gasteiger partial charge in [-0.25, -0.2) is 29.9 Å². The average Bonchev–Trinajstić information content (AvgIpc) is 1.64. The van der Waals surface area contributed by atoms with Gasteiger partial charge >= 0.3 is 6.18 Å². The molecule has 0 radical (unpaired) electrons. The van der Waals surface area contributed by atoms with Crippen LogP contribution >= 0.6 is 162 Å². The third-order valence-corrected chi connectivity index (χ3v) is 35.3. The molecule has 31 heteroatoms. The fourth-order valence-corrected chi connectivity index (χ4v) is 25.7. The number of aromatic amines is 1. The molecule has 0 bridgehead atoms. The number of hydrogen-bond acceptors (Lipinski definition) is 11. The molecule has 0 spiro atoms. The summed E-state index contributed by atoms with van der Waals surface area (Å²) in [6, 6.07) is 142. The predicted molar refractivity (Wildman–Crippen MR) is 605 cm³/mol. The van der Waals surface area contributed by atoms with Gasteiger partial charge in [-0.3, -0.25) is 24.1 Å². The van der Waals surface area contributed by atoms with Crippen molar-refractivity contribution in [3.63, 3.8) is 0 Å². The summed E-state index contributed by atoms with van der Waals surface area (Å²) in [4.78, 5) is 39.5. The van der Waals surface area contributed by atoms with Crippen molar-refractivity contribution in [3.05, 3.63) is 521 Å². The molecule has 141 heavy (non-hydrogen) atoms. The topological polar surface area (TPSA) is 180 Å². The van der Waals surface area contributed by atoms with Crippen molar-refractivity contribution < 1.29 is 33.6 Å². The second-order valence-electron chi connectivity index (χ2n) is 29.7. The van der Waals surface area contributed by atoms with Crippen LogP contribution in [0.1, 0.15) is 28.6 Å². The van der Waals surface area contributed by atoms with Crippen LogP contribution in [0.4, 0.5) is 30.4 Å². The van der Waals surface area contributed by atoms with Crippen molar-refractivity contribution in [1.29, 1.82) is 0 Å². The van der Waals surface area contributed by atoms with Gasteiger partial charge in [0, 0.05) is 31.8 Å². The Hall–Kier alpha value is -10.5. The van der Waals surface area contributed by atoms with E-state index in [9.17, 15) is 13.2 Å². The molecule has 0 saturated carbocycles. The predicted octanol–water partition coefficient (Wildman–Crippen LogP) is 27.8. The Morgan fingerprint density at radius 2 is 0.546 bits per heavy atom. The van der Waals surface area contributed by atoms with Crippen molar-refractivity contribution in [2.45, 2.75) is 33.9 Å². The number of aromatic nitrogens is 12. The SMILES string of the molecule is Cc1ccc(N)cc1.Cc1nc(Br)c(Br)[nH]1.Cc1nc(Br)c(Br)n1-c1cncc(Cl)n1.Cc1nc(Br)c(Br)n1-c1cncc(Nc2ccc(C(F)(F)F)cc2)n1.Clc1cncc(Cl)n1.[Pd].c1ccc(P(c2ccccc2)c2ccccc2)cc1.c1ccc(P(c2ccccc2)c2ccccc2)cc1.c1ccc(P(c2ccccc2)c2ccccc2)cc1.c1ccc(P(c2ccccc2)c2ccccc2)cc1. The van der Waals surface area contributed by atoms with Gasteiger partial charge in [-0.15, -0.1) is 0 Å². The van der Waals surface area contributed by atoms with Crippen LogP contribution in [0.2, 0.25) is 15.5 Å². The summed E-state index contributed by atoms with van der Waals surface area (Å²) in [5.41, 5.74) is 7.27. The normalized spacial score (nSPS) is 10.5. The number of nitrogens with two attached hydrogens (primary N) is 1. The smallest absolute Gasteiger partial charge is 0.399 e. The first-order chi connectivity index (χ1) is 67.9. The fourth-order valence-electron chi connectivity index (χ4n) is 13.4. The zero-order valence-electron chi connectivity index (χ0n) is 75.9. The molecule has 0 aliphatic rings. The van der Waals surface area contributed by atoms with E-state index >= 15 is 0 Å². The number of nitrogens with zero attached hydrogens (tertiary/aromatic N) is 11. The number of hydrogen-bond donors (Lipinski definition) is 3. The molecule has 6 aromatic heterocycles. The Bertz CT molecular complexity index is 6170. The molecule has 4 N–H and O–H groups in total. The summed E-state index contributed by atoms with van der Waals surface area (Å²) in [6.45, 7) is 7.63. The minimum Gasteiger partial charge on any atom is -0.399 e. The number of nitrogen functional groups attached to an aromatic ring is 1. The van der Waals surface area contributed by atoms with Crippen molar-refractivity contribution in [1.82, 2.24) is 59.0 Å². The maximum atomic E-state index is 12.6. The summed E-state index contributed by atoms with van der Waals surface area (Å²) in [5.74, 6) is 3.94. The summed E-state index contributed by atoms with van der Waals surface area (Å²) in [7, 11) is -1.78. The Morgan fingerprint density at radius 1 is 0.298 bits per heavy atom. The molecular weight excluding hydrogens is 2390 g/mol. The molecule has 0 saturated heterocycles. The van der Waals surface area contributed by atoms with Gasteiger partial charge < -0.3 is 16.0 Å². The average molecular weight is 2480 g/mol. The molecule has 0 fully saturated rings. The van der Waals surface area contributed by atoms with Crippen LogP contribution < -0.4 is 74.7 Å². The van der Waals surface area contributed by atoms with Crippen molar-refractivity contribution in [2.24, 2.45) is 0 Å². The van der Waals surface area contributed by atoms with E-state index in [1.807, 2.05) is 56.5 Å². The number of benzene rings is 14. The number of rotatable bonds is 16. The molecule has 0 amide bonds. The number of halogens is 12. The molecule has 0 unspecified atom stereocenters. The van der Waals surface area contributed by atoms with E-state index in [0.29, 0.717) is 53.6 Å². The third kappa shape index (κ3) is 34.9. The first kappa shape index (κ1) is 111. The van der Waals surface area contributed by atoms with E-state index in [-0.39, 0.29) is 20.4 Å². The van der Waals surface area contributed by atoms with Crippen molar-refractivity contribution in [3.8, 4) is 11.6 Å². The van der Waals surface area contributed by atoms with E-state index in [1.54, 1.807) is 17.0 Å². The number of imidazole rings is 3. The summed E-state index contributed by atoms with van der Waals surface area (Å²) in [6.07, 6.45) is 4.63. The molecule has 20 aromatic rings. The van der Waals surface area contributed by atoms with Gasteiger partial charge in [0.05, 0.1) is 42.7 Å². The van der Waals surface area contributed by atoms with Crippen LogP contribution in [0.5, 0.6) is 0 Å². The van der Waals surface area contributed by atoms with E-state index in [4.69, 9.17) is 40.5 Å². The molecule has 0 aliphatic heterocycles. The second-order valence-corrected chi connectivity index (χ2v) is 44.3. The quantitative estimate of drug-likeness (QED) is 0.0476. The number of aryl methyl sites for hydroxylation is 4. The largest absolute Gasteiger partial charge is 0.416 e. The number of H-pyrrole nitrogens is 1. The molecule has 14 nitrogen and oxygen atoms in total. The van der Waals surface area contributed by atoms with Gasteiger partial charge in [0.1, 0.15) is 60.6 Å². The first-order valence-corrected chi connectivity index (χ1v) is 54.4. The van der Waals surface area contributed by atoms with Gasteiger partial charge in [-0.1, -0.05) is 416 Å². The molecule has 14 aromatic carbocycles. The van der Waals surface area contributed by atoms with E-state index in [0.717, 1.165) is 47.9 Å². The Kier molecular flexibility index (Phi) is 45.8. The Labute approximate surface area is 904 Å². The van der Waals surface area contributed by atoms with Crippen LogP contribution in [0.25, 0.3) is 11.6 Å². The van der Waals surface area contributed by atoms with E-state index in [2.05, 4.69) is 515 Å². The first-order valence-electron chi connectivity index (χ1n) is 43.1. The standard InChI is InChI=1S/4C18H15P.C15H10Br2F3N5.C8H5Br2ClN4.C7H9N.C4H4Br2N2.C4H2Cl2N2.Pd/c4*1-4-10-16(11-5-1)19(17-12-6-2-7-13-17)18-14-8-3-9-15-18;1-8-22-13(16)14(17)25(8)12-7-21-6-11(24-12)23-10-4-2-9(3-5-10)15(18,19)20;1-4-13-7(9)8(10)15(4)6-3-12-2-5(11)14-6;1-6-2-4-7(8)5-3-6;1-2-7-3(5)4(6)8-2;5-3-1-7-2-4(6)8-3;/h4*1-15H;2-7H,1H3,(H,23,24);2-3H,1H3;2-5H,8H2,1H3;1H3,(H,7,8);1-2H;. The monoisotopic (exact) mass is 2470 g/mol. The van der Waals surface area contributed by atoms with Gasteiger partial charge in [0.15, 0.2) is 17.5 Å². The molecule has 0 atom stereocenters. The van der Waals surface area contributed by atoms with Crippen LogP contribution in [0.3, 0.4) is 0 Å². The molecule has 714 valence electrons. The minimum atomic E-state index is -4.36. The fraction of sp³-hybridized carbons (Fsp3) is 0.0455. The molecule has 6 heterocycles. The minimum absolute atomic E-state index is 0. The van der Waals surface area contributed by atoms with Gasteiger partial charge in [-0.05, 0) is 255 Å². The molecule has 20 rings (SSSR count). The zero-order chi connectivity index (χ0) is 99.0. The maximum absolute atomic E-state index is 12.6. The van der Waals surface area contributed by atoms with Crippen LogP contribution in [-0.4, -0.2) is 59.0 Å². The third-order valence-electron chi connectivity index (χ3n) is 19.6. The van der Waals surface area contributed by atoms with Crippen molar-refractivity contribution in [2.75, 3.05) is 11.1 Å². The second kappa shape index (κ2) is 58.3. The van der Waals surface area contributed by atoms with E-state index in [1.165, 1.54) is 106 Å². The number of anilines is 3. The molecule has 0 aliphatic carbocycles. The van der Waals surface area contributed by atoms with Crippen LogP contribution in [-0.2, 0) is 26.6 Å². The summed E-state index contributed by atoms with van der Waals surface area (Å²) >= 11 is 36.5. The zero-order valence-corrected chi connectivity index (χ0v) is 92.8. The van der Waals surface area contributed by atoms with Gasteiger partial charge in [0.2, 0.25) is 0 Å². The van der Waals surface area contributed by atoms with E-state index < -0.39 is 43.4 Å². The van der Waals surface area contributed by atoms with Gasteiger partial charge in [0.25, 0.3) is 0 Å². The summed E-state index contributed by atoms with van der Waals surface area (Å²) in [5, 5.41) is 20.7. The maximum Gasteiger partial charge on any atom is 0.416 e. The van der Waals surface area contributed by atoms with Crippen LogP contribution in [0, 0.1) is 27.7 Å².